The quantitative estimate of drug-likeness (QED) is 0.827. The van der Waals surface area contributed by atoms with E-state index in [1.54, 1.807) is 0 Å². The molecule has 5 nitrogen and oxygen atoms in total. The fourth-order valence-corrected chi connectivity index (χ4v) is 2.29. The van der Waals surface area contributed by atoms with E-state index in [0.29, 0.717) is 0 Å². The third-order valence-corrected chi connectivity index (χ3v) is 3.22. The molecule has 0 atom stereocenters. The van der Waals surface area contributed by atoms with Gasteiger partial charge in [-0.1, -0.05) is 0 Å². The lowest BCUT2D eigenvalue weighted by atomic mass is 10.4. The number of hydrogen-bond donors (Lipinski definition) is 1. The molecule has 2 aromatic rings. The van der Waals surface area contributed by atoms with Crippen molar-refractivity contribution in [1.82, 2.24) is 19.1 Å². The number of aryl methyl sites for hydroxylation is 4. The first-order valence-electron chi connectivity index (χ1n) is 5.70. The Morgan fingerprint density at radius 1 is 1.35 bits per heavy atom. The zero-order valence-electron chi connectivity index (χ0n) is 10.4. The standard InChI is InChI=1S/C11H17N5S/c1-8-7-9(2)16(14-8)6-4-5-12-11-13-10(3)15-17-11/h7H,4-6H2,1-3H3,(H,12,13,15). The molecule has 0 bridgehead atoms. The molecule has 0 amide bonds. The Labute approximate surface area is 105 Å². The van der Waals surface area contributed by atoms with E-state index in [0.717, 1.165) is 36.2 Å². The van der Waals surface area contributed by atoms with E-state index in [-0.39, 0.29) is 0 Å². The van der Waals surface area contributed by atoms with Crippen LogP contribution in [-0.2, 0) is 6.54 Å². The summed E-state index contributed by atoms with van der Waals surface area (Å²) >= 11 is 1.41. The fraction of sp³-hybridized carbons (Fsp3) is 0.545. The van der Waals surface area contributed by atoms with Gasteiger partial charge in [0.25, 0.3) is 0 Å². The van der Waals surface area contributed by atoms with Gasteiger partial charge in [-0.2, -0.15) is 9.47 Å². The number of nitrogens with zero attached hydrogens (tertiary/aromatic N) is 4. The third-order valence-electron chi connectivity index (χ3n) is 2.45. The van der Waals surface area contributed by atoms with E-state index in [4.69, 9.17) is 0 Å². The molecule has 0 aliphatic rings. The van der Waals surface area contributed by atoms with Crippen LogP contribution in [0, 0.1) is 20.8 Å². The Kier molecular flexibility index (Phi) is 3.73. The lowest BCUT2D eigenvalue weighted by Crippen LogP contribution is -2.08. The maximum atomic E-state index is 4.42. The maximum absolute atomic E-state index is 4.42. The van der Waals surface area contributed by atoms with Crippen LogP contribution in [0.4, 0.5) is 5.13 Å². The number of hydrogen-bond acceptors (Lipinski definition) is 5. The van der Waals surface area contributed by atoms with Gasteiger partial charge < -0.3 is 5.32 Å². The number of rotatable bonds is 5. The van der Waals surface area contributed by atoms with Gasteiger partial charge in [-0.25, -0.2) is 4.98 Å². The van der Waals surface area contributed by atoms with Gasteiger partial charge >= 0.3 is 0 Å². The first kappa shape index (κ1) is 12.0. The average Bonchev–Trinajstić information content (AvgIpc) is 2.81. The number of aromatic nitrogens is 4. The van der Waals surface area contributed by atoms with E-state index >= 15 is 0 Å². The molecule has 0 saturated heterocycles. The molecule has 2 heterocycles. The first-order valence-corrected chi connectivity index (χ1v) is 6.48. The molecule has 92 valence electrons. The van der Waals surface area contributed by atoms with Crippen LogP contribution in [0.2, 0.25) is 0 Å². The van der Waals surface area contributed by atoms with Gasteiger partial charge in [-0.3, -0.25) is 4.68 Å². The van der Waals surface area contributed by atoms with Crippen molar-refractivity contribution >= 4 is 16.7 Å². The van der Waals surface area contributed by atoms with Crippen molar-refractivity contribution in [2.45, 2.75) is 33.7 Å². The fourth-order valence-electron chi connectivity index (χ4n) is 1.69. The molecule has 1 N–H and O–H groups in total. The van der Waals surface area contributed by atoms with Crippen LogP contribution in [0.3, 0.4) is 0 Å². The van der Waals surface area contributed by atoms with Crippen molar-refractivity contribution in [3.63, 3.8) is 0 Å². The highest BCUT2D eigenvalue weighted by Crippen LogP contribution is 2.10. The van der Waals surface area contributed by atoms with E-state index < -0.39 is 0 Å². The van der Waals surface area contributed by atoms with Crippen LogP contribution in [0.15, 0.2) is 6.07 Å². The summed E-state index contributed by atoms with van der Waals surface area (Å²) in [7, 11) is 0. The predicted molar refractivity (Wildman–Crippen MR) is 69.5 cm³/mol. The molecule has 0 aliphatic heterocycles. The lowest BCUT2D eigenvalue weighted by Gasteiger charge is -2.04. The Morgan fingerprint density at radius 3 is 2.76 bits per heavy atom. The highest BCUT2D eigenvalue weighted by Gasteiger charge is 2.01. The molecule has 0 aliphatic carbocycles. The lowest BCUT2D eigenvalue weighted by molar-refractivity contribution is 0.573. The summed E-state index contributed by atoms with van der Waals surface area (Å²) in [5, 5.41) is 8.59. The van der Waals surface area contributed by atoms with Gasteiger partial charge in [0.05, 0.1) is 5.69 Å². The Bertz CT molecular complexity index is 488. The van der Waals surface area contributed by atoms with Crippen molar-refractivity contribution in [3.8, 4) is 0 Å². The topological polar surface area (TPSA) is 55.6 Å². The molecule has 6 heteroatoms. The molecule has 0 unspecified atom stereocenters. The Balaban J connectivity index is 1.75. The Morgan fingerprint density at radius 2 is 2.18 bits per heavy atom. The molecule has 2 aromatic heterocycles. The normalized spacial score (nSPS) is 10.8. The molecule has 0 aromatic carbocycles. The zero-order valence-corrected chi connectivity index (χ0v) is 11.2. The summed E-state index contributed by atoms with van der Waals surface area (Å²) < 4.78 is 6.17. The van der Waals surface area contributed by atoms with Crippen molar-refractivity contribution in [2.75, 3.05) is 11.9 Å². The summed E-state index contributed by atoms with van der Waals surface area (Å²) in [6.07, 6.45) is 1.03. The largest absolute Gasteiger partial charge is 0.360 e. The van der Waals surface area contributed by atoms with Gasteiger partial charge in [0.2, 0.25) is 5.13 Å². The highest BCUT2D eigenvalue weighted by atomic mass is 32.1. The third kappa shape index (κ3) is 3.26. The van der Waals surface area contributed by atoms with E-state index in [2.05, 4.69) is 32.8 Å². The van der Waals surface area contributed by atoms with Gasteiger partial charge in [0, 0.05) is 30.3 Å². The van der Waals surface area contributed by atoms with E-state index in [9.17, 15) is 0 Å². The van der Waals surface area contributed by atoms with Crippen LogP contribution in [0.5, 0.6) is 0 Å². The minimum atomic E-state index is 0.830. The van der Waals surface area contributed by atoms with Crippen LogP contribution < -0.4 is 5.32 Å². The van der Waals surface area contributed by atoms with Gasteiger partial charge in [-0.15, -0.1) is 0 Å². The molecular formula is C11H17N5S. The van der Waals surface area contributed by atoms with Gasteiger partial charge in [-0.05, 0) is 33.3 Å². The minimum Gasteiger partial charge on any atom is -0.360 e. The minimum absolute atomic E-state index is 0.830. The number of nitrogens with one attached hydrogen (secondary N) is 1. The summed E-state index contributed by atoms with van der Waals surface area (Å²) in [5.74, 6) is 0.830. The monoisotopic (exact) mass is 251 g/mol. The zero-order chi connectivity index (χ0) is 12.3. The SMILES string of the molecule is Cc1cc(C)n(CCCNc2nc(C)ns2)n1. The molecule has 0 fully saturated rings. The van der Waals surface area contributed by atoms with Crippen LogP contribution in [0.1, 0.15) is 23.6 Å². The molecular weight excluding hydrogens is 234 g/mol. The summed E-state index contributed by atoms with van der Waals surface area (Å²) in [4.78, 5) is 4.25. The number of anilines is 1. The van der Waals surface area contributed by atoms with Gasteiger partial charge in [0.15, 0.2) is 0 Å². The molecule has 2 rings (SSSR count). The molecule has 0 saturated carbocycles. The van der Waals surface area contributed by atoms with E-state index in [1.165, 1.54) is 17.2 Å². The second-order valence-corrected chi connectivity index (χ2v) is 4.83. The van der Waals surface area contributed by atoms with Crippen molar-refractivity contribution in [3.05, 3.63) is 23.3 Å². The average molecular weight is 251 g/mol. The predicted octanol–water partition coefficient (Wildman–Crippen LogP) is 2.16. The summed E-state index contributed by atoms with van der Waals surface area (Å²) in [5.41, 5.74) is 2.30. The van der Waals surface area contributed by atoms with Crippen molar-refractivity contribution in [1.29, 1.82) is 0 Å². The molecule has 17 heavy (non-hydrogen) atoms. The van der Waals surface area contributed by atoms with Crippen molar-refractivity contribution in [2.24, 2.45) is 0 Å². The summed E-state index contributed by atoms with van der Waals surface area (Å²) in [6, 6.07) is 2.10. The van der Waals surface area contributed by atoms with Gasteiger partial charge in [0.1, 0.15) is 5.82 Å². The highest BCUT2D eigenvalue weighted by molar-refractivity contribution is 7.09. The van der Waals surface area contributed by atoms with E-state index in [1.807, 2.05) is 18.5 Å². The Hall–Kier alpha value is -1.43. The second-order valence-electron chi connectivity index (χ2n) is 4.08. The second kappa shape index (κ2) is 5.27. The molecule has 0 radical (unpaired) electrons. The van der Waals surface area contributed by atoms with Crippen LogP contribution in [-0.4, -0.2) is 25.7 Å². The van der Waals surface area contributed by atoms with Crippen LogP contribution in [0.25, 0.3) is 0 Å². The molecule has 0 spiro atoms. The maximum Gasteiger partial charge on any atom is 0.202 e. The van der Waals surface area contributed by atoms with Crippen molar-refractivity contribution < 1.29 is 0 Å². The van der Waals surface area contributed by atoms with Crippen LogP contribution >= 0.6 is 11.5 Å². The first-order chi connectivity index (χ1) is 8.15. The summed E-state index contributed by atoms with van der Waals surface area (Å²) in [6.45, 7) is 7.84. The smallest absolute Gasteiger partial charge is 0.202 e.